The molecule has 1 aromatic rings. The van der Waals surface area contributed by atoms with E-state index in [0.29, 0.717) is 17.6 Å². The van der Waals surface area contributed by atoms with Crippen LogP contribution in [0.3, 0.4) is 0 Å². The molecule has 1 aliphatic rings. The molecule has 5 nitrogen and oxygen atoms in total. The molecular weight excluding hydrogens is 296 g/mol. The summed E-state index contributed by atoms with van der Waals surface area (Å²) in [6.07, 6.45) is 2.17. The van der Waals surface area contributed by atoms with Crippen LogP contribution in [-0.4, -0.2) is 41.5 Å². The molecule has 0 saturated carbocycles. The molecule has 114 valence electrons. The number of hydrogen-bond acceptors (Lipinski definition) is 5. The van der Waals surface area contributed by atoms with Crippen molar-refractivity contribution in [3.63, 3.8) is 0 Å². The largest absolute Gasteiger partial charge is 0.328 e. The topological polar surface area (TPSA) is 71.2 Å². The summed E-state index contributed by atoms with van der Waals surface area (Å²) >= 11 is 1.47. The fourth-order valence-corrected chi connectivity index (χ4v) is 3.11. The zero-order valence-corrected chi connectivity index (χ0v) is 13.6. The van der Waals surface area contributed by atoms with Crippen LogP contribution < -0.4 is 11.1 Å². The van der Waals surface area contributed by atoms with Gasteiger partial charge >= 0.3 is 0 Å². The number of halogens is 1. The summed E-state index contributed by atoms with van der Waals surface area (Å²) in [5.41, 5.74) is 6.86. The molecule has 0 spiro atoms. The monoisotopic (exact) mass is 318 g/mol. The molecule has 1 unspecified atom stereocenters. The van der Waals surface area contributed by atoms with Crippen LogP contribution in [0.2, 0.25) is 0 Å². The number of hydrogen-bond donors (Lipinski definition) is 2. The van der Waals surface area contributed by atoms with Crippen LogP contribution in [0.15, 0.2) is 5.38 Å². The molecule has 1 aromatic heterocycles. The van der Waals surface area contributed by atoms with Crippen LogP contribution in [0.1, 0.15) is 25.5 Å². The van der Waals surface area contributed by atoms with Gasteiger partial charge in [0, 0.05) is 11.4 Å². The predicted molar refractivity (Wildman–Crippen MR) is 85.5 cm³/mol. The third-order valence-electron chi connectivity index (χ3n) is 3.61. The Morgan fingerprint density at radius 1 is 1.60 bits per heavy atom. The lowest BCUT2D eigenvalue weighted by Crippen LogP contribution is -2.42. The normalized spacial score (nSPS) is 18.4. The second kappa shape index (κ2) is 7.93. The fraction of sp³-hybridized carbons (Fsp3) is 0.692. The summed E-state index contributed by atoms with van der Waals surface area (Å²) in [5, 5.41) is 5.47. The summed E-state index contributed by atoms with van der Waals surface area (Å²) < 4.78 is 0. The summed E-state index contributed by atoms with van der Waals surface area (Å²) in [6.45, 7) is 6.35. The predicted octanol–water partition coefficient (Wildman–Crippen LogP) is 1.87. The first-order valence-corrected chi connectivity index (χ1v) is 7.62. The first-order chi connectivity index (χ1) is 9.04. The standard InChI is InChI=1S/C13H22N4OS.ClH/c1-9-8-19-13(15-9)16-12(18)7-17-5-3-11(4-6-17)10(2)14;/h8,10-11H,3-7,14H2,1-2H3,(H,15,16,18);1H. The van der Waals surface area contributed by atoms with Crippen molar-refractivity contribution in [3.05, 3.63) is 11.1 Å². The Labute approximate surface area is 130 Å². The smallest absolute Gasteiger partial charge is 0.240 e. The molecule has 1 saturated heterocycles. The van der Waals surface area contributed by atoms with Gasteiger partial charge in [0.15, 0.2) is 5.13 Å². The number of nitrogens with zero attached hydrogens (tertiary/aromatic N) is 2. The molecule has 0 radical (unpaired) electrons. The van der Waals surface area contributed by atoms with Crippen molar-refractivity contribution in [1.82, 2.24) is 9.88 Å². The maximum atomic E-state index is 11.9. The van der Waals surface area contributed by atoms with Crippen LogP contribution >= 0.6 is 23.7 Å². The van der Waals surface area contributed by atoms with E-state index in [1.165, 1.54) is 11.3 Å². The molecule has 20 heavy (non-hydrogen) atoms. The van der Waals surface area contributed by atoms with E-state index < -0.39 is 0 Å². The van der Waals surface area contributed by atoms with E-state index in [-0.39, 0.29) is 24.4 Å². The Morgan fingerprint density at radius 3 is 2.75 bits per heavy atom. The van der Waals surface area contributed by atoms with Gasteiger partial charge in [-0.1, -0.05) is 0 Å². The van der Waals surface area contributed by atoms with E-state index >= 15 is 0 Å². The molecular formula is C13H23ClN4OS. The average Bonchev–Trinajstić information content (AvgIpc) is 2.75. The number of amides is 1. The maximum absolute atomic E-state index is 11.9. The number of aromatic nitrogens is 1. The third kappa shape index (κ3) is 5.01. The highest BCUT2D eigenvalue weighted by molar-refractivity contribution is 7.13. The number of nitrogens with one attached hydrogen (secondary N) is 1. The summed E-state index contributed by atoms with van der Waals surface area (Å²) in [4.78, 5) is 18.3. The maximum Gasteiger partial charge on any atom is 0.240 e. The Morgan fingerprint density at radius 2 is 2.25 bits per heavy atom. The Hall–Kier alpha value is -0.690. The lowest BCUT2D eigenvalue weighted by molar-refractivity contribution is -0.117. The van der Waals surface area contributed by atoms with E-state index in [0.717, 1.165) is 31.6 Å². The lowest BCUT2D eigenvalue weighted by atomic mass is 9.91. The van der Waals surface area contributed by atoms with Gasteiger partial charge in [-0.2, -0.15) is 0 Å². The average molecular weight is 319 g/mol. The Balaban J connectivity index is 0.00000200. The minimum Gasteiger partial charge on any atom is -0.328 e. The number of piperidine rings is 1. The van der Waals surface area contributed by atoms with Crippen molar-refractivity contribution >= 4 is 34.8 Å². The summed E-state index contributed by atoms with van der Waals surface area (Å²) in [5.74, 6) is 0.620. The highest BCUT2D eigenvalue weighted by Crippen LogP contribution is 2.19. The number of carbonyl (C=O) groups is 1. The molecule has 1 aliphatic heterocycles. The van der Waals surface area contributed by atoms with Crippen molar-refractivity contribution in [2.75, 3.05) is 25.0 Å². The number of thiazole rings is 1. The highest BCUT2D eigenvalue weighted by Gasteiger charge is 2.23. The van der Waals surface area contributed by atoms with Crippen molar-refractivity contribution in [2.24, 2.45) is 11.7 Å². The number of aryl methyl sites for hydroxylation is 1. The molecule has 7 heteroatoms. The molecule has 1 fully saturated rings. The molecule has 1 atom stereocenters. The second-order valence-electron chi connectivity index (χ2n) is 5.31. The van der Waals surface area contributed by atoms with Crippen LogP contribution in [-0.2, 0) is 4.79 Å². The van der Waals surface area contributed by atoms with Crippen LogP contribution in [0.25, 0.3) is 0 Å². The minimum atomic E-state index is 0. The molecule has 2 heterocycles. The lowest BCUT2D eigenvalue weighted by Gasteiger charge is -2.33. The van der Waals surface area contributed by atoms with Crippen molar-refractivity contribution in [1.29, 1.82) is 0 Å². The van der Waals surface area contributed by atoms with Gasteiger partial charge in [0.05, 0.1) is 12.2 Å². The molecule has 0 bridgehead atoms. The number of rotatable bonds is 4. The number of carbonyl (C=O) groups excluding carboxylic acids is 1. The van der Waals surface area contributed by atoms with Gasteiger partial charge < -0.3 is 11.1 Å². The first kappa shape index (κ1) is 17.4. The van der Waals surface area contributed by atoms with E-state index in [2.05, 4.69) is 22.1 Å². The van der Waals surface area contributed by atoms with Crippen LogP contribution in [0, 0.1) is 12.8 Å². The van der Waals surface area contributed by atoms with E-state index in [1.54, 1.807) is 0 Å². The number of nitrogens with two attached hydrogens (primary N) is 1. The van der Waals surface area contributed by atoms with Crippen molar-refractivity contribution in [2.45, 2.75) is 32.7 Å². The molecule has 0 aliphatic carbocycles. The Bertz CT molecular complexity index is 430. The molecule has 1 amide bonds. The fourth-order valence-electron chi connectivity index (χ4n) is 2.41. The van der Waals surface area contributed by atoms with E-state index in [4.69, 9.17) is 5.73 Å². The zero-order valence-electron chi connectivity index (χ0n) is 12.0. The van der Waals surface area contributed by atoms with Gasteiger partial charge in [-0.3, -0.25) is 9.69 Å². The van der Waals surface area contributed by atoms with Gasteiger partial charge in [-0.05, 0) is 45.7 Å². The van der Waals surface area contributed by atoms with E-state index in [1.807, 2.05) is 12.3 Å². The van der Waals surface area contributed by atoms with Gasteiger partial charge in [0.1, 0.15) is 0 Å². The number of likely N-dealkylation sites (tertiary alicyclic amines) is 1. The van der Waals surface area contributed by atoms with Crippen LogP contribution in [0.5, 0.6) is 0 Å². The van der Waals surface area contributed by atoms with Gasteiger partial charge in [-0.25, -0.2) is 4.98 Å². The first-order valence-electron chi connectivity index (χ1n) is 6.74. The molecule has 2 rings (SSSR count). The molecule has 3 N–H and O–H groups in total. The van der Waals surface area contributed by atoms with E-state index in [9.17, 15) is 4.79 Å². The van der Waals surface area contributed by atoms with Crippen molar-refractivity contribution < 1.29 is 4.79 Å². The van der Waals surface area contributed by atoms with Crippen molar-refractivity contribution in [3.8, 4) is 0 Å². The number of anilines is 1. The third-order valence-corrected chi connectivity index (χ3v) is 4.48. The second-order valence-corrected chi connectivity index (χ2v) is 6.17. The minimum absolute atomic E-state index is 0. The summed E-state index contributed by atoms with van der Waals surface area (Å²) in [7, 11) is 0. The Kier molecular flexibility index (Phi) is 6.88. The SMILES string of the molecule is Cc1csc(NC(=O)CN2CCC(C(C)N)CC2)n1.Cl. The zero-order chi connectivity index (χ0) is 13.8. The van der Waals surface area contributed by atoms with Gasteiger partial charge in [-0.15, -0.1) is 23.7 Å². The quantitative estimate of drug-likeness (QED) is 0.889. The van der Waals surface area contributed by atoms with Crippen LogP contribution in [0.4, 0.5) is 5.13 Å². The van der Waals surface area contributed by atoms with Gasteiger partial charge in [0.2, 0.25) is 5.91 Å². The summed E-state index contributed by atoms with van der Waals surface area (Å²) in [6, 6.07) is 0.259. The van der Waals surface area contributed by atoms with Gasteiger partial charge in [0.25, 0.3) is 0 Å². The highest BCUT2D eigenvalue weighted by atomic mass is 35.5. The molecule has 0 aromatic carbocycles.